The van der Waals surface area contributed by atoms with Gasteiger partial charge in [-0.2, -0.15) is 13.2 Å². The highest BCUT2D eigenvalue weighted by atomic mass is 19.4. The van der Waals surface area contributed by atoms with Crippen LogP contribution >= 0.6 is 0 Å². The van der Waals surface area contributed by atoms with Crippen molar-refractivity contribution in [2.75, 3.05) is 6.54 Å². The Kier molecular flexibility index (Phi) is 7.99. The first-order valence-corrected chi connectivity index (χ1v) is 14.0. The summed E-state index contributed by atoms with van der Waals surface area (Å²) in [5.41, 5.74) is 4.06. The molecule has 0 saturated heterocycles. The molecular formula is C36H28F3NO3. The molecule has 6 rings (SSSR count). The maximum atomic E-state index is 13.2. The van der Waals surface area contributed by atoms with E-state index < -0.39 is 17.7 Å². The van der Waals surface area contributed by atoms with Crippen molar-refractivity contribution >= 4 is 5.97 Å². The Balaban J connectivity index is 1.09. The summed E-state index contributed by atoms with van der Waals surface area (Å²) >= 11 is 0. The average molecular weight is 580 g/mol. The van der Waals surface area contributed by atoms with Gasteiger partial charge in [0.25, 0.3) is 0 Å². The van der Waals surface area contributed by atoms with Crippen molar-refractivity contribution in [3.63, 3.8) is 0 Å². The molecule has 1 heterocycles. The van der Waals surface area contributed by atoms with E-state index in [4.69, 9.17) is 9.47 Å². The van der Waals surface area contributed by atoms with Crippen molar-refractivity contribution in [2.45, 2.75) is 25.7 Å². The van der Waals surface area contributed by atoms with Gasteiger partial charge in [0.05, 0.1) is 11.1 Å². The Morgan fingerprint density at radius 3 is 2.14 bits per heavy atom. The van der Waals surface area contributed by atoms with Gasteiger partial charge in [-0.1, -0.05) is 66.7 Å². The summed E-state index contributed by atoms with van der Waals surface area (Å²) < 4.78 is 50.6. The number of rotatable bonds is 7. The second-order valence-corrected chi connectivity index (χ2v) is 10.5. The fourth-order valence-corrected chi connectivity index (χ4v) is 5.25. The van der Waals surface area contributed by atoms with Crippen LogP contribution in [0, 0.1) is 0 Å². The minimum atomic E-state index is -4.43. The largest absolute Gasteiger partial charge is 0.457 e. The Morgan fingerprint density at radius 2 is 1.40 bits per heavy atom. The molecule has 0 spiro atoms. The van der Waals surface area contributed by atoms with Gasteiger partial charge in [0, 0.05) is 19.6 Å². The first kappa shape index (κ1) is 28.2. The molecule has 0 saturated carbocycles. The summed E-state index contributed by atoms with van der Waals surface area (Å²) in [5.74, 6) is 1.47. The average Bonchev–Trinajstić information content (AvgIpc) is 3.02. The lowest BCUT2D eigenvalue weighted by atomic mass is 9.98. The van der Waals surface area contributed by atoms with E-state index >= 15 is 0 Å². The van der Waals surface area contributed by atoms with Gasteiger partial charge in [0.1, 0.15) is 17.2 Å². The van der Waals surface area contributed by atoms with E-state index in [1.54, 1.807) is 30.3 Å². The molecule has 1 aliphatic rings. The summed E-state index contributed by atoms with van der Waals surface area (Å²) in [6, 6.07) is 35.0. The molecule has 7 heteroatoms. The standard InChI is InChI=1S/C36H28F3NO3/c37-36(38,39)29-15-12-26(13-16-29)33-8-4-5-9-34(33)35(41)43-32-19-14-28-24-40(21-20-27(28)22-32)23-25-10-17-31(18-11-25)42-30-6-2-1-3-7-30/h1-19,22H,20-21,23-24H2. The highest BCUT2D eigenvalue weighted by Gasteiger charge is 2.30. The normalized spacial score (nSPS) is 13.3. The fraction of sp³-hybridized carbons (Fsp3) is 0.139. The minimum absolute atomic E-state index is 0.284. The third-order valence-corrected chi connectivity index (χ3v) is 7.46. The molecule has 0 radical (unpaired) electrons. The van der Waals surface area contributed by atoms with E-state index in [1.165, 1.54) is 23.3 Å². The zero-order valence-corrected chi connectivity index (χ0v) is 23.2. The number of esters is 1. The first-order valence-electron chi connectivity index (χ1n) is 14.0. The van der Waals surface area contributed by atoms with Gasteiger partial charge in [-0.3, -0.25) is 4.90 Å². The van der Waals surface area contributed by atoms with Crippen LogP contribution in [-0.4, -0.2) is 17.4 Å². The summed E-state index contributed by atoms with van der Waals surface area (Å²) in [6.07, 6.45) is -3.61. The van der Waals surface area contributed by atoms with Crippen molar-refractivity contribution < 1.29 is 27.4 Å². The molecular weight excluding hydrogens is 551 g/mol. The van der Waals surface area contributed by atoms with E-state index in [-0.39, 0.29) is 5.56 Å². The van der Waals surface area contributed by atoms with Crippen LogP contribution in [-0.2, 0) is 25.7 Å². The smallest absolute Gasteiger partial charge is 0.416 e. The van der Waals surface area contributed by atoms with Crippen molar-refractivity contribution in [1.29, 1.82) is 0 Å². The van der Waals surface area contributed by atoms with Crippen LogP contribution in [0.1, 0.15) is 32.6 Å². The number of fused-ring (bicyclic) bond motifs is 1. The van der Waals surface area contributed by atoms with Crippen LogP contribution in [0.4, 0.5) is 13.2 Å². The number of carbonyl (C=O) groups excluding carboxylic acids is 1. The van der Waals surface area contributed by atoms with Crippen LogP contribution in [0.25, 0.3) is 11.1 Å². The van der Waals surface area contributed by atoms with E-state index in [0.29, 0.717) is 16.9 Å². The van der Waals surface area contributed by atoms with Crippen LogP contribution < -0.4 is 9.47 Å². The summed E-state index contributed by atoms with van der Waals surface area (Å²) in [4.78, 5) is 15.5. The summed E-state index contributed by atoms with van der Waals surface area (Å²) in [7, 11) is 0. The summed E-state index contributed by atoms with van der Waals surface area (Å²) in [5, 5.41) is 0. The Bertz CT molecular complexity index is 1720. The van der Waals surface area contributed by atoms with E-state index in [1.807, 2.05) is 54.6 Å². The van der Waals surface area contributed by atoms with Gasteiger partial charge in [-0.15, -0.1) is 0 Å². The Labute approximate surface area is 247 Å². The van der Waals surface area contributed by atoms with Crippen LogP contribution in [0.3, 0.4) is 0 Å². The lowest BCUT2D eigenvalue weighted by molar-refractivity contribution is -0.137. The number of benzene rings is 5. The molecule has 5 aromatic carbocycles. The number of alkyl halides is 3. The Morgan fingerprint density at radius 1 is 0.721 bits per heavy atom. The van der Waals surface area contributed by atoms with Crippen molar-refractivity contribution in [3.05, 3.63) is 149 Å². The zero-order chi connectivity index (χ0) is 29.8. The van der Waals surface area contributed by atoms with E-state index in [9.17, 15) is 18.0 Å². The SMILES string of the molecule is O=C(Oc1ccc2c(c1)CCN(Cc1ccc(Oc3ccccc3)cc1)C2)c1ccccc1-c1ccc(C(F)(F)F)cc1. The van der Waals surface area contributed by atoms with E-state index in [2.05, 4.69) is 17.0 Å². The third kappa shape index (κ3) is 6.79. The lowest BCUT2D eigenvalue weighted by Gasteiger charge is -2.29. The molecule has 0 aliphatic carbocycles. The first-order chi connectivity index (χ1) is 20.8. The molecule has 1 aliphatic heterocycles. The number of para-hydroxylation sites is 1. The number of halogens is 3. The number of carbonyl (C=O) groups is 1. The molecule has 0 aromatic heterocycles. The second kappa shape index (κ2) is 12.2. The van der Waals surface area contributed by atoms with Crippen LogP contribution in [0.5, 0.6) is 17.2 Å². The predicted molar refractivity (Wildman–Crippen MR) is 159 cm³/mol. The maximum absolute atomic E-state index is 13.2. The van der Waals surface area contributed by atoms with Crippen LogP contribution in [0.2, 0.25) is 0 Å². The highest BCUT2D eigenvalue weighted by Crippen LogP contribution is 2.33. The number of hydrogen-bond donors (Lipinski definition) is 0. The monoisotopic (exact) mass is 579 g/mol. The molecule has 0 bridgehead atoms. The number of ether oxygens (including phenoxy) is 2. The topological polar surface area (TPSA) is 38.8 Å². The third-order valence-electron chi connectivity index (χ3n) is 7.46. The highest BCUT2D eigenvalue weighted by molar-refractivity contribution is 5.98. The van der Waals surface area contributed by atoms with Gasteiger partial charge < -0.3 is 9.47 Å². The van der Waals surface area contributed by atoms with Gasteiger partial charge in [-0.05, 0) is 88.8 Å². The van der Waals surface area contributed by atoms with Gasteiger partial charge in [0.15, 0.2) is 0 Å². The quantitative estimate of drug-likeness (QED) is 0.143. The van der Waals surface area contributed by atoms with Crippen molar-refractivity contribution in [1.82, 2.24) is 4.90 Å². The number of nitrogens with zero attached hydrogens (tertiary/aromatic N) is 1. The zero-order valence-electron chi connectivity index (χ0n) is 23.2. The predicted octanol–water partition coefficient (Wildman–Crippen LogP) is 8.94. The van der Waals surface area contributed by atoms with Crippen molar-refractivity contribution in [2.24, 2.45) is 0 Å². The molecule has 0 unspecified atom stereocenters. The molecule has 5 aromatic rings. The molecule has 0 amide bonds. The van der Waals surface area contributed by atoms with Crippen molar-refractivity contribution in [3.8, 4) is 28.4 Å². The number of hydrogen-bond acceptors (Lipinski definition) is 4. The maximum Gasteiger partial charge on any atom is 0.416 e. The molecule has 43 heavy (non-hydrogen) atoms. The fourth-order valence-electron chi connectivity index (χ4n) is 5.25. The van der Waals surface area contributed by atoms with E-state index in [0.717, 1.165) is 55.3 Å². The van der Waals surface area contributed by atoms with Gasteiger partial charge >= 0.3 is 12.1 Å². The Hall–Kier alpha value is -4.88. The molecule has 4 nitrogen and oxygen atoms in total. The van der Waals surface area contributed by atoms with Crippen LogP contribution in [0.15, 0.2) is 121 Å². The molecule has 0 fully saturated rings. The van der Waals surface area contributed by atoms with Gasteiger partial charge in [0.2, 0.25) is 0 Å². The summed E-state index contributed by atoms with van der Waals surface area (Å²) in [6.45, 7) is 2.45. The molecule has 0 atom stereocenters. The molecule has 0 N–H and O–H groups in total. The second-order valence-electron chi connectivity index (χ2n) is 10.5. The molecule has 216 valence electrons. The lowest BCUT2D eigenvalue weighted by Crippen LogP contribution is -2.30. The van der Waals surface area contributed by atoms with Gasteiger partial charge in [-0.25, -0.2) is 4.79 Å². The minimum Gasteiger partial charge on any atom is -0.457 e.